The van der Waals surface area contributed by atoms with Crippen molar-refractivity contribution in [3.05, 3.63) is 103 Å². The second-order valence-corrected chi connectivity index (χ2v) is 8.21. The first-order valence-corrected chi connectivity index (χ1v) is 10.4. The second-order valence-electron chi connectivity index (χ2n) is 7.40. The van der Waals surface area contributed by atoms with E-state index >= 15 is 0 Å². The molecule has 3 aromatic heterocycles. The summed E-state index contributed by atoms with van der Waals surface area (Å²) in [7, 11) is 0. The molecule has 0 atom stereocenters. The van der Waals surface area contributed by atoms with Gasteiger partial charge in [0.15, 0.2) is 5.78 Å². The van der Waals surface area contributed by atoms with E-state index in [0.717, 1.165) is 27.1 Å². The molecule has 6 heteroatoms. The fourth-order valence-electron chi connectivity index (χ4n) is 3.40. The van der Waals surface area contributed by atoms with Crippen LogP contribution in [0.3, 0.4) is 0 Å². The van der Waals surface area contributed by atoms with Gasteiger partial charge in [0, 0.05) is 17.5 Å². The van der Waals surface area contributed by atoms with E-state index in [1.807, 2.05) is 67.8 Å². The highest BCUT2D eigenvalue weighted by Crippen LogP contribution is 2.18. The van der Waals surface area contributed by atoms with Gasteiger partial charge in [-0.2, -0.15) is 0 Å². The minimum atomic E-state index is -0.352. The van der Waals surface area contributed by atoms with Crippen molar-refractivity contribution in [3.63, 3.8) is 0 Å². The van der Waals surface area contributed by atoms with Crippen LogP contribution in [0.25, 0.3) is 11.0 Å². The number of fused-ring (bicyclic) bond motifs is 1. The lowest BCUT2D eigenvalue weighted by atomic mass is 9.99. The molecule has 150 valence electrons. The van der Waals surface area contributed by atoms with Crippen molar-refractivity contribution in [2.24, 2.45) is 0 Å². The van der Waals surface area contributed by atoms with E-state index in [1.165, 1.54) is 0 Å². The fourth-order valence-corrected chi connectivity index (χ4v) is 3.78. The topological polar surface area (TPSA) is 64.8 Å². The Morgan fingerprint density at radius 2 is 1.80 bits per heavy atom. The summed E-state index contributed by atoms with van der Waals surface area (Å²) < 4.78 is 2.59. The van der Waals surface area contributed by atoms with Gasteiger partial charge < -0.3 is 4.57 Å². The number of hydrogen-bond acceptors (Lipinski definition) is 4. The van der Waals surface area contributed by atoms with E-state index in [9.17, 15) is 9.59 Å². The fraction of sp³-hybridized carbons (Fsp3) is 0.167. The van der Waals surface area contributed by atoms with Crippen LogP contribution in [0.5, 0.6) is 0 Å². The maximum absolute atomic E-state index is 13.3. The van der Waals surface area contributed by atoms with E-state index in [0.29, 0.717) is 23.1 Å². The molecule has 0 saturated heterocycles. The van der Waals surface area contributed by atoms with E-state index in [2.05, 4.69) is 25.9 Å². The maximum Gasteiger partial charge on any atom is 0.218 e. The Morgan fingerprint density at radius 3 is 2.53 bits per heavy atom. The van der Waals surface area contributed by atoms with Gasteiger partial charge in [-0.1, -0.05) is 18.2 Å². The number of rotatable bonds is 4. The highest BCUT2D eigenvalue weighted by Gasteiger charge is 2.19. The molecule has 0 aliphatic rings. The Labute approximate surface area is 182 Å². The second kappa shape index (κ2) is 7.95. The molecule has 0 saturated carbocycles. The summed E-state index contributed by atoms with van der Waals surface area (Å²) in [6, 6.07) is 14.9. The predicted octanol–water partition coefficient (Wildman–Crippen LogP) is 4.76. The molecule has 4 rings (SSSR count). The average molecular weight is 462 g/mol. The molecule has 30 heavy (non-hydrogen) atoms. The number of ketones is 1. The van der Waals surface area contributed by atoms with Crippen molar-refractivity contribution in [2.75, 3.05) is 0 Å². The van der Waals surface area contributed by atoms with E-state index in [1.54, 1.807) is 12.3 Å². The summed E-state index contributed by atoms with van der Waals surface area (Å²) in [5, 5.41) is 0. The van der Waals surface area contributed by atoms with Crippen molar-refractivity contribution in [2.45, 2.75) is 27.3 Å². The Hall–Kier alpha value is -3.12. The van der Waals surface area contributed by atoms with Crippen molar-refractivity contribution in [1.82, 2.24) is 14.5 Å². The lowest BCUT2D eigenvalue weighted by Crippen LogP contribution is -2.21. The molecular formula is C24H20BrN3O2. The molecule has 0 aliphatic heterocycles. The lowest BCUT2D eigenvalue weighted by molar-refractivity contribution is 0.103. The van der Waals surface area contributed by atoms with Crippen molar-refractivity contribution >= 4 is 32.7 Å². The van der Waals surface area contributed by atoms with Crippen LogP contribution in [0, 0.1) is 20.8 Å². The minimum absolute atomic E-state index is 0.110. The summed E-state index contributed by atoms with van der Waals surface area (Å²) in [5.41, 5.74) is 4.85. The monoisotopic (exact) mass is 461 g/mol. The number of aryl methyl sites for hydroxylation is 3. The molecule has 0 amide bonds. The molecule has 0 aliphatic carbocycles. The van der Waals surface area contributed by atoms with Crippen LogP contribution in [0.15, 0.2) is 64.1 Å². The number of halogens is 1. The van der Waals surface area contributed by atoms with Gasteiger partial charge in [0.2, 0.25) is 5.43 Å². The maximum atomic E-state index is 13.3. The molecule has 0 bridgehead atoms. The normalized spacial score (nSPS) is 11.1. The third-order valence-electron chi connectivity index (χ3n) is 5.19. The first-order chi connectivity index (χ1) is 14.3. The van der Waals surface area contributed by atoms with Crippen molar-refractivity contribution < 1.29 is 4.79 Å². The zero-order chi connectivity index (χ0) is 21.4. The molecule has 0 spiro atoms. The van der Waals surface area contributed by atoms with Gasteiger partial charge in [-0.3, -0.25) is 9.59 Å². The van der Waals surface area contributed by atoms with Crippen LogP contribution in [-0.4, -0.2) is 20.3 Å². The van der Waals surface area contributed by atoms with E-state index < -0.39 is 0 Å². The largest absolute Gasteiger partial charge is 0.339 e. The third-order valence-corrected chi connectivity index (χ3v) is 5.63. The number of nitrogens with zero attached hydrogens (tertiary/aromatic N) is 3. The molecule has 4 aromatic rings. The smallest absolute Gasteiger partial charge is 0.218 e. The molecular weight excluding hydrogens is 442 g/mol. The minimum Gasteiger partial charge on any atom is -0.339 e. The SMILES string of the molecule is Cc1ccc2c(n1)c(=O)c(C(=O)c1ccc(C)c(C)c1)cn2Cc1cccc(Br)n1. The number of pyridine rings is 3. The van der Waals surface area contributed by atoms with Gasteiger partial charge in [0.25, 0.3) is 0 Å². The summed E-state index contributed by atoms with van der Waals surface area (Å²) in [6.45, 7) is 6.18. The first kappa shape index (κ1) is 20.2. The van der Waals surface area contributed by atoms with Crippen LogP contribution in [-0.2, 0) is 6.54 Å². The Bertz CT molecular complexity index is 1360. The molecule has 0 unspecified atom stereocenters. The van der Waals surface area contributed by atoms with E-state index in [-0.39, 0.29) is 16.8 Å². The first-order valence-electron chi connectivity index (χ1n) is 9.57. The number of aromatic nitrogens is 3. The van der Waals surface area contributed by atoms with Gasteiger partial charge in [-0.15, -0.1) is 0 Å². The number of hydrogen-bond donors (Lipinski definition) is 0. The van der Waals surface area contributed by atoms with Crippen LogP contribution in [0.4, 0.5) is 0 Å². The predicted molar refractivity (Wildman–Crippen MR) is 121 cm³/mol. The molecule has 5 nitrogen and oxygen atoms in total. The Morgan fingerprint density at radius 1 is 1.00 bits per heavy atom. The summed E-state index contributed by atoms with van der Waals surface area (Å²) >= 11 is 3.39. The number of carbonyl (C=O) groups is 1. The Kier molecular flexibility index (Phi) is 5.35. The Balaban J connectivity index is 1.91. The average Bonchev–Trinajstić information content (AvgIpc) is 2.71. The van der Waals surface area contributed by atoms with Gasteiger partial charge in [-0.25, -0.2) is 9.97 Å². The zero-order valence-corrected chi connectivity index (χ0v) is 18.5. The van der Waals surface area contributed by atoms with E-state index in [4.69, 9.17) is 0 Å². The van der Waals surface area contributed by atoms with Crippen LogP contribution in [0.1, 0.15) is 38.4 Å². The van der Waals surface area contributed by atoms with Crippen LogP contribution < -0.4 is 5.43 Å². The quantitative estimate of drug-likeness (QED) is 0.324. The molecule has 1 aromatic carbocycles. The van der Waals surface area contributed by atoms with Crippen LogP contribution in [0.2, 0.25) is 0 Å². The highest BCUT2D eigenvalue weighted by molar-refractivity contribution is 9.10. The standard InChI is InChI=1S/C24H20BrN3O2/c1-14-7-9-17(11-15(14)2)23(29)19-13-28(12-18-5-4-6-21(25)27-18)20-10-8-16(3)26-22(20)24(19)30/h4-11,13H,12H2,1-3H3. The summed E-state index contributed by atoms with van der Waals surface area (Å²) in [6.07, 6.45) is 1.63. The van der Waals surface area contributed by atoms with Crippen LogP contribution >= 0.6 is 15.9 Å². The molecule has 0 fully saturated rings. The molecule has 0 radical (unpaired) electrons. The van der Waals surface area contributed by atoms with Crippen molar-refractivity contribution in [3.8, 4) is 0 Å². The highest BCUT2D eigenvalue weighted by atomic mass is 79.9. The zero-order valence-electron chi connectivity index (χ0n) is 16.9. The summed E-state index contributed by atoms with van der Waals surface area (Å²) in [5.74, 6) is -0.302. The van der Waals surface area contributed by atoms with Gasteiger partial charge in [-0.05, 0) is 78.2 Å². The number of benzene rings is 1. The molecule has 0 N–H and O–H groups in total. The third kappa shape index (κ3) is 3.83. The molecule has 3 heterocycles. The lowest BCUT2D eigenvalue weighted by Gasteiger charge is -2.13. The van der Waals surface area contributed by atoms with Gasteiger partial charge >= 0.3 is 0 Å². The summed E-state index contributed by atoms with van der Waals surface area (Å²) in [4.78, 5) is 35.4. The number of carbonyl (C=O) groups excluding carboxylic acids is 1. The van der Waals surface area contributed by atoms with Crippen molar-refractivity contribution in [1.29, 1.82) is 0 Å². The van der Waals surface area contributed by atoms with Gasteiger partial charge in [0.1, 0.15) is 10.1 Å². The van der Waals surface area contributed by atoms with Gasteiger partial charge in [0.05, 0.1) is 23.3 Å².